The molecule has 9 heteroatoms. The number of ether oxygens (including phenoxy) is 1. The summed E-state index contributed by atoms with van der Waals surface area (Å²) >= 11 is 0. The van der Waals surface area contributed by atoms with E-state index in [1.807, 2.05) is 35.8 Å². The number of aryl methyl sites for hydroxylation is 2. The van der Waals surface area contributed by atoms with Gasteiger partial charge < -0.3 is 24.1 Å². The summed E-state index contributed by atoms with van der Waals surface area (Å²) in [6.07, 6.45) is 10.0. The first-order valence-corrected chi connectivity index (χ1v) is 12.0. The number of hydrogen-bond acceptors (Lipinski definition) is 5. The number of amides is 2. The second kappa shape index (κ2) is 9.21. The van der Waals surface area contributed by atoms with Crippen LogP contribution in [-0.4, -0.2) is 56.1 Å². The molecule has 0 radical (unpaired) electrons. The highest BCUT2D eigenvalue weighted by Gasteiger charge is 2.34. The maximum absolute atomic E-state index is 14.1. The predicted octanol–water partition coefficient (Wildman–Crippen LogP) is 3.53. The number of carbonyl (C=O) groups is 2. The van der Waals surface area contributed by atoms with E-state index in [0.717, 1.165) is 54.8 Å². The number of likely N-dealkylation sites (tertiary alicyclic amines) is 1. The molecular formula is C25H32N6O3. The number of methoxy groups -OCH3 is 1. The summed E-state index contributed by atoms with van der Waals surface area (Å²) in [5.41, 5.74) is 2.67. The molecule has 1 saturated carbocycles. The zero-order valence-corrected chi connectivity index (χ0v) is 20.1. The normalized spacial score (nSPS) is 18.8. The summed E-state index contributed by atoms with van der Waals surface area (Å²) in [6, 6.07) is 3.56. The average Bonchev–Trinajstić information content (AvgIpc) is 3.35. The molecule has 3 heterocycles. The molecule has 9 nitrogen and oxygen atoms in total. The lowest BCUT2D eigenvalue weighted by Gasteiger charge is -2.35. The summed E-state index contributed by atoms with van der Waals surface area (Å²) in [7, 11) is 5.45. The van der Waals surface area contributed by atoms with Gasteiger partial charge in [-0.1, -0.05) is 6.42 Å². The van der Waals surface area contributed by atoms with E-state index in [1.54, 1.807) is 12.3 Å². The molecule has 3 aromatic rings. The van der Waals surface area contributed by atoms with Crippen LogP contribution < -0.4 is 5.32 Å². The number of aromatic nitrogens is 4. The monoisotopic (exact) mass is 464 g/mol. The van der Waals surface area contributed by atoms with Crippen LogP contribution in [0.15, 0.2) is 24.5 Å². The number of piperidine rings is 1. The van der Waals surface area contributed by atoms with Gasteiger partial charge in [-0.25, -0.2) is 9.97 Å². The van der Waals surface area contributed by atoms with E-state index in [1.165, 1.54) is 13.5 Å². The first-order valence-electron chi connectivity index (χ1n) is 12.0. The minimum absolute atomic E-state index is 0.0514. The Morgan fingerprint density at radius 2 is 1.94 bits per heavy atom. The van der Waals surface area contributed by atoms with E-state index >= 15 is 0 Å². The molecule has 1 N–H and O–H groups in total. The first kappa shape index (κ1) is 22.6. The Morgan fingerprint density at radius 1 is 1.12 bits per heavy atom. The van der Waals surface area contributed by atoms with Crippen molar-refractivity contribution in [3.63, 3.8) is 0 Å². The minimum Gasteiger partial charge on any atom is -0.375 e. The second-order valence-corrected chi connectivity index (χ2v) is 9.44. The van der Waals surface area contributed by atoms with E-state index in [4.69, 9.17) is 9.72 Å². The van der Waals surface area contributed by atoms with Gasteiger partial charge in [-0.05, 0) is 44.2 Å². The molecule has 0 unspecified atom stereocenters. The molecule has 2 aromatic heterocycles. The fourth-order valence-corrected chi connectivity index (χ4v) is 5.26. The van der Waals surface area contributed by atoms with Crippen LogP contribution in [0.3, 0.4) is 0 Å². The van der Waals surface area contributed by atoms with Crippen molar-refractivity contribution in [2.24, 2.45) is 14.1 Å². The Morgan fingerprint density at radius 3 is 2.62 bits per heavy atom. The average molecular weight is 465 g/mol. The largest absolute Gasteiger partial charge is 0.375 e. The summed E-state index contributed by atoms with van der Waals surface area (Å²) in [6.45, 7) is 0.621. The van der Waals surface area contributed by atoms with Gasteiger partial charge in [0.1, 0.15) is 18.3 Å². The van der Waals surface area contributed by atoms with Gasteiger partial charge in [0.15, 0.2) is 0 Å². The summed E-state index contributed by atoms with van der Waals surface area (Å²) in [5.74, 6) is 2.01. The van der Waals surface area contributed by atoms with Gasteiger partial charge in [0.05, 0.1) is 22.6 Å². The van der Waals surface area contributed by atoms with Crippen molar-refractivity contribution in [1.29, 1.82) is 0 Å². The molecular weight excluding hydrogens is 432 g/mol. The SMILES string of the molecule is COCC(=O)Nc1cc(C(=O)N2CCCC[C@H]2c2nccn2C)c2c(c1)nc(C1CCC1)n2C. The molecule has 0 bridgehead atoms. The van der Waals surface area contributed by atoms with Gasteiger partial charge in [-0.2, -0.15) is 0 Å². The van der Waals surface area contributed by atoms with Crippen molar-refractivity contribution in [2.45, 2.75) is 50.5 Å². The van der Waals surface area contributed by atoms with Gasteiger partial charge >= 0.3 is 0 Å². The van der Waals surface area contributed by atoms with Crippen LogP contribution >= 0.6 is 0 Å². The van der Waals surface area contributed by atoms with Gasteiger partial charge in [-0.3, -0.25) is 9.59 Å². The highest BCUT2D eigenvalue weighted by Crippen LogP contribution is 2.39. The Bertz CT molecular complexity index is 1220. The quantitative estimate of drug-likeness (QED) is 0.602. The molecule has 2 aliphatic rings. The van der Waals surface area contributed by atoms with Crippen molar-refractivity contribution in [2.75, 3.05) is 25.6 Å². The fourth-order valence-electron chi connectivity index (χ4n) is 5.26. The highest BCUT2D eigenvalue weighted by molar-refractivity contribution is 6.08. The summed E-state index contributed by atoms with van der Waals surface area (Å²) < 4.78 is 9.03. The Balaban J connectivity index is 1.59. The van der Waals surface area contributed by atoms with Crippen molar-refractivity contribution in [3.8, 4) is 0 Å². The molecule has 1 atom stereocenters. The van der Waals surface area contributed by atoms with Crippen LogP contribution in [0, 0.1) is 0 Å². The van der Waals surface area contributed by atoms with Gasteiger partial charge in [0.25, 0.3) is 5.91 Å². The third-order valence-corrected chi connectivity index (χ3v) is 7.18. The molecule has 1 aliphatic carbocycles. The number of nitrogens with zero attached hydrogens (tertiary/aromatic N) is 5. The number of nitrogens with one attached hydrogen (secondary N) is 1. The minimum atomic E-state index is -0.265. The fraction of sp³-hybridized carbons (Fsp3) is 0.520. The summed E-state index contributed by atoms with van der Waals surface area (Å²) in [4.78, 5) is 37.8. The molecule has 2 fully saturated rings. The van der Waals surface area contributed by atoms with Crippen LogP contribution in [-0.2, 0) is 23.6 Å². The first-order chi connectivity index (χ1) is 16.5. The van der Waals surface area contributed by atoms with E-state index in [0.29, 0.717) is 23.7 Å². The number of rotatable bonds is 6. The zero-order chi connectivity index (χ0) is 23.8. The smallest absolute Gasteiger partial charge is 0.256 e. The lowest BCUT2D eigenvalue weighted by Crippen LogP contribution is -2.39. The maximum Gasteiger partial charge on any atom is 0.256 e. The molecule has 1 aliphatic heterocycles. The van der Waals surface area contributed by atoms with Gasteiger partial charge in [-0.15, -0.1) is 0 Å². The lowest BCUT2D eigenvalue weighted by molar-refractivity contribution is -0.119. The predicted molar refractivity (Wildman–Crippen MR) is 129 cm³/mol. The molecule has 2 amide bonds. The molecule has 1 aromatic carbocycles. The van der Waals surface area contributed by atoms with Gasteiger partial charge in [0, 0.05) is 51.7 Å². The van der Waals surface area contributed by atoms with Crippen LogP contribution in [0.5, 0.6) is 0 Å². The van der Waals surface area contributed by atoms with Crippen molar-refractivity contribution < 1.29 is 14.3 Å². The van der Waals surface area contributed by atoms with Crippen molar-refractivity contribution >= 4 is 28.5 Å². The topological polar surface area (TPSA) is 94.3 Å². The zero-order valence-electron chi connectivity index (χ0n) is 20.1. The van der Waals surface area contributed by atoms with E-state index in [-0.39, 0.29) is 24.5 Å². The van der Waals surface area contributed by atoms with Crippen molar-refractivity contribution in [3.05, 3.63) is 41.7 Å². The molecule has 5 rings (SSSR count). The Kier molecular flexibility index (Phi) is 6.12. The van der Waals surface area contributed by atoms with E-state index in [2.05, 4.69) is 14.9 Å². The number of anilines is 1. The number of fused-ring (bicyclic) bond motifs is 1. The standard InChI is InChI=1S/C25H32N6O3/c1-29-12-10-26-24(29)20-9-4-5-11-31(20)25(33)18-13-17(27-21(32)15-34-3)14-19-22(18)30(2)23(28-19)16-7-6-8-16/h10,12-14,16,20H,4-9,11,15H2,1-3H3,(H,27,32)/t20-/m0/s1. The molecule has 34 heavy (non-hydrogen) atoms. The van der Waals surface area contributed by atoms with E-state index in [9.17, 15) is 9.59 Å². The summed E-state index contributed by atoms with van der Waals surface area (Å²) in [5, 5.41) is 2.87. The van der Waals surface area contributed by atoms with Crippen molar-refractivity contribution in [1.82, 2.24) is 24.0 Å². The highest BCUT2D eigenvalue weighted by atomic mass is 16.5. The number of imidazole rings is 2. The molecule has 1 saturated heterocycles. The van der Waals surface area contributed by atoms with Crippen LogP contribution in [0.4, 0.5) is 5.69 Å². The third kappa shape index (κ3) is 3.98. The third-order valence-electron chi connectivity index (χ3n) is 7.18. The molecule has 180 valence electrons. The second-order valence-electron chi connectivity index (χ2n) is 9.44. The van der Waals surface area contributed by atoms with Crippen LogP contribution in [0.25, 0.3) is 11.0 Å². The number of benzene rings is 1. The maximum atomic E-state index is 14.1. The number of carbonyl (C=O) groups excluding carboxylic acids is 2. The Labute approximate surface area is 199 Å². The van der Waals surface area contributed by atoms with Crippen LogP contribution in [0.1, 0.15) is 72.5 Å². The molecule has 0 spiro atoms. The Hall–Kier alpha value is -3.20. The van der Waals surface area contributed by atoms with Gasteiger partial charge in [0.2, 0.25) is 5.91 Å². The number of hydrogen-bond donors (Lipinski definition) is 1. The van der Waals surface area contributed by atoms with E-state index < -0.39 is 0 Å². The van der Waals surface area contributed by atoms with Crippen LogP contribution in [0.2, 0.25) is 0 Å². The lowest BCUT2D eigenvalue weighted by atomic mass is 9.85.